The van der Waals surface area contributed by atoms with Gasteiger partial charge in [-0.05, 0) is 77.7 Å². The molecular weight excluding hydrogens is 490 g/mol. The van der Waals surface area contributed by atoms with Crippen LogP contribution in [0, 0.1) is 11.8 Å². The molecule has 0 saturated carbocycles. The molecule has 9 heteroatoms. The molecule has 2 aromatic carbocycles. The first-order chi connectivity index (χ1) is 15.8. The fourth-order valence-corrected chi connectivity index (χ4v) is 3.64. The van der Waals surface area contributed by atoms with E-state index in [4.69, 9.17) is 14.2 Å². The van der Waals surface area contributed by atoms with Crippen LogP contribution in [0.15, 0.2) is 46.0 Å². The number of nitrogens with zero attached hydrogens (tertiary/aromatic N) is 1. The van der Waals surface area contributed by atoms with E-state index in [1.165, 1.54) is 6.21 Å². The molecule has 1 unspecified atom stereocenters. The Kier molecular flexibility index (Phi) is 10.2. The maximum absolute atomic E-state index is 12.8. The normalized spacial score (nSPS) is 11.8. The number of hydrogen-bond donors (Lipinski definition) is 2. The Labute approximate surface area is 202 Å². The highest BCUT2D eigenvalue weighted by molar-refractivity contribution is 9.10. The molecule has 0 fully saturated rings. The van der Waals surface area contributed by atoms with Gasteiger partial charge in [-0.25, -0.2) is 5.43 Å². The van der Waals surface area contributed by atoms with Crippen LogP contribution in [0.5, 0.6) is 17.2 Å². The van der Waals surface area contributed by atoms with E-state index in [0.29, 0.717) is 46.2 Å². The topological polar surface area (TPSA) is 98.2 Å². The predicted molar refractivity (Wildman–Crippen MR) is 132 cm³/mol. The minimum Gasteiger partial charge on any atom is -0.497 e. The average molecular weight is 520 g/mol. The Morgan fingerprint density at radius 3 is 2.30 bits per heavy atom. The van der Waals surface area contributed by atoms with Gasteiger partial charge in [-0.3, -0.25) is 9.59 Å². The van der Waals surface area contributed by atoms with Gasteiger partial charge >= 0.3 is 0 Å². The summed E-state index contributed by atoms with van der Waals surface area (Å²) in [5.74, 6) is -0.213. The fourth-order valence-electron chi connectivity index (χ4n) is 3.07. The number of amides is 2. The summed E-state index contributed by atoms with van der Waals surface area (Å²) in [5, 5.41) is 6.80. The third kappa shape index (κ3) is 7.49. The molecule has 0 spiro atoms. The molecule has 2 amide bonds. The second kappa shape index (κ2) is 12.8. The Morgan fingerprint density at radius 1 is 1.06 bits per heavy atom. The van der Waals surface area contributed by atoms with Gasteiger partial charge in [0.05, 0.1) is 31.0 Å². The highest BCUT2D eigenvalue weighted by Gasteiger charge is 2.30. The predicted octanol–water partition coefficient (Wildman–Crippen LogP) is 4.62. The van der Waals surface area contributed by atoms with Crippen molar-refractivity contribution < 1.29 is 23.8 Å². The summed E-state index contributed by atoms with van der Waals surface area (Å²) in [7, 11) is 1.57. The van der Waals surface area contributed by atoms with E-state index >= 15 is 0 Å². The molecule has 2 aromatic rings. The third-order valence-corrected chi connectivity index (χ3v) is 5.19. The van der Waals surface area contributed by atoms with E-state index in [9.17, 15) is 9.59 Å². The summed E-state index contributed by atoms with van der Waals surface area (Å²) in [5.41, 5.74) is 3.74. The highest BCUT2D eigenvalue weighted by atomic mass is 79.9. The zero-order valence-electron chi connectivity index (χ0n) is 19.5. The third-order valence-electron chi connectivity index (χ3n) is 4.60. The van der Waals surface area contributed by atoms with Crippen molar-refractivity contribution in [3.05, 3.63) is 46.4 Å². The summed E-state index contributed by atoms with van der Waals surface area (Å²) in [6.07, 6.45) is 1.49. The number of halogens is 1. The Morgan fingerprint density at radius 2 is 1.73 bits per heavy atom. The molecule has 2 rings (SSSR count). The number of nitrogens with one attached hydrogen (secondary N) is 2. The van der Waals surface area contributed by atoms with Crippen molar-refractivity contribution in [1.29, 1.82) is 0 Å². The van der Waals surface area contributed by atoms with Gasteiger partial charge in [-0.1, -0.05) is 13.8 Å². The second-order valence-electron chi connectivity index (χ2n) is 7.37. The van der Waals surface area contributed by atoms with Gasteiger partial charge in [-0.15, -0.1) is 0 Å². The van der Waals surface area contributed by atoms with Gasteiger partial charge in [-0.2, -0.15) is 5.10 Å². The summed E-state index contributed by atoms with van der Waals surface area (Å²) in [4.78, 5) is 25.5. The molecular formula is C24H30BrN3O5. The van der Waals surface area contributed by atoms with Gasteiger partial charge in [0.1, 0.15) is 11.7 Å². The SMILES string of the molecule is CCOc1cc(C=NNC(=O)C(C(=O)Nc2ccc(OC)cc2)C(C)C)cc(Br)c1OCC. The smallest absolute Gasteiger partial charge is 0.252 e. The number of rotatable bonds is 11. The average Bonchev–Trinajstić information content (AvgIpc) is 2.76. The molecule has 2 N–H and O–H groups in total. The molecule has 0 heterocycles. The monoisotopic (exact) mass is 519 g/mol. The molecule has 1 atom stereocenters. The first-order valence-corrected chi connectivity index (χ1v) is 11.5. The maximum Gasteiger partial charge on any atom is 0.252 e. The Bertz CT molecular complexity index is 977. The van der Waals surface area contributed by atoms with Crippen molar-refractivity contribution >= 4 is 39.6 Å². The van der Waals surface area contributed by atoms with Crippen molar-refractivity contribution in [2.75, 3.05) is 25.6 Å². The lowest BCUT2D eigenvalue weighted by Gasteiger charge is -2.18. The molecule has 0 aliphatic carbocycles. The lowest BCUT2D eigenvalue weighted by atomic mass is 9.94. The van der Waals surface area contributed by atoms with E-state index in [-0.39, 0.29) is 5.92 Å². The van der Waals surface area contributed by atoms with Crippen LogP contribution in [0.4, 0.5) is 5.69 Å². The zero-order valence-corrected chi connectivity index (χ0v) is 21.1. The highest BCUT2D eigenvalue weighted by Crippen LogP contribution is 2.36. The van der Waals surface area contributed by atoms with E-state index in [2.05, 4.69) is 31.8 Å². The van der Waals surface area contributed by atoms with Gasteiger partial charge in [0.15, 0.2) is 11.5 Å². The Hall–Kier alpha value is -3.07. The Balaban J connectivity index is 2.10. The van der Waals surface area contributed by atoms with Crippen LogP contribution in [0.25, 0.3) is 0 Å². The summed E-state index contributed by atoms with van der Waals surface area (Å²) in [6.45, 7) is 8.36. The fraction of sp³-hybridized carbons (Fsp3) is 0.375. The molecule has 8 nitrogen and oxygen atoms in total. The van der Waals surface area contributed by atoms with Crippen molar-refractivity contribution in [1.82, 2.24) is 5.43 Å². The van der Waals surface area contributed by atoms with Gasteiger partial charge in [0.2, 0.25) is 5.91 Å². The van der Waals surface area contributed by atoms with Crippen LogP contribution < -0.4 is 25.0 Å². The van der Waals surface area contributed by atoms with Crippen LogP contribution in [0.3, 0.4) is 0 Å². The lowest BCUT2D eigenvalue weighted by Crippen LogP contribution is -2.39. The molecule has 178 valence electrons. The van der Waals surface area contributed by atoms with E-state index in [0.717, 1.165) is 0 Å². The van der Waals surface area contributed by atoms with Crippen molar-refractivity contribution in [3.63, 3.8) is 0 Å². The lowest BCUT2D eigenvalue weighted by molar-refractivity contribution is -0.134. The van der Waals surface area contributed by atoms with Gasteiger partial charge < -0.3 is 19.5 Å². The number of hydrazone groups is 1. The number of benzene rings is 2. The number of hydrogen-bond acceptors (Lipinski definition) is 6. The van der Waals surface area contributed by atoms with E-state index in [1.54, 1.807) is 57.4 Å². The molecule has 0 saturated heterocycles. The number of carbonyl (C=O) groups excluding carboxylic acids is 2. The summed E-state index contributed by atoms with van der Waals surface area (Å²) >= 11 is 3.48. The largest absolute Gasteiger partial charge is 0.497 e. The van der Waals surface area contributed by atoms with Crippen LogP contribution in [0.2, 0.25) is 0 Å². The molecule has 33 heavy (non-hydrogen) atoms. The number of methoxy groups -OCH3 is 1. The summed E-state index contributed by atoms with van der Waals surface area (Å²) < 4.78 is 17.1. The van der Waals surface area contributed by atoms with Crippen LogP contribution >= 0.6 is 15.9 Å². The standard InChI is InChI=1S/C24H30BrN3O5/c1-6-32-20-13-16(12-19(25)22(20)33-7-2)14-26-28-24(30)21(15(3)4)23(29)27-17-8-10-18(31-5)11-9-17/h8-15,21H,6-7H2,1-5H3,(H,27,29)(H,28,30). The van der Waals surface area contributed by atoms with Crippen molar-refractivity contribution in [2.24, 2.45) is 16.9 Å². The summed E-state index contributed by atoms with van der Waals surface area (Å²) in [6, 6.07) is 10.5. The molecule has 0 aliphatic heterocycles. The molecule has 0 radical (unpaired) electrons. The number of ether oxygens (including phenoxy) is 3. The van der Waals surface area contributed by atoms with Crippen LogP contribution in [0.1, 0.15) is 33.3 Å². The first kappa shape index (κ1) is 26.2. The first-order valence-electron chi connectivity index (χ1n) is 10.7. The minimum atomic E-state index is -0.921. The second-order valence-corrected chi connectivity index (χ2v) is 8.22. The number of anilines is 1. The molecule has 0 aromatic heterocycles. The quantitative estimate of drug-likeness (QED) is 0.256. The number of carbonyl (C=O) groups is 2. The minimum absolute atomic E-state index is 0.234. The van der Waals surface area contributed by atoms with Crippen LogP contribution in [-0.2, 0) is 9.59 Å². The maximum atomic E-state index is 12.8. The van der Waals surface area contributed by atoms with Crippen molar-refractivity contribution in [2.45, 2.75) is 27.7 Å². The van der Waals surface area contributed by atoms with Gasteiger partial charge in [0.25, 0.3) is 5.91 Å². The van der Waals surface area contributed by atoms with Gasteiger partial charge in [0, 0.05) is 5.69 Å². The molecule has 0 bridgehead atoms. The van der Waals surface area contributed by atoms with Crippen molar-refractivity contribution in [3.8, 4) is 17.2 Å². The zero-order chi connectivity index (χ0) is 24.4. The molecule has 0 aliphatic rings. The van der Waals surface area contributed by atoms with Crippen LogP contribution in [-0.4, -0.2) is 38.4 Å². The van der Waals surface area contributed by atoms with E-state index < -0.39 is 17.7 Å². The van der Waals surface area contributed by atoms with E-state index in [1.807, 2.05) is 13.8 Å².